The van der Waals surface area contributed by atoms with Gasteiger partial charge in [0.1, 0.15) is 5.75 Å². The van der Waals surface area contributed by atoms with Crippen LogP contribution in [0.1, 0.15) is 12.5 Å². The van der Waals surface area contributed by atoms with Crippen LogP contribution in [0.15, 0.2) is 53.4 Å². The molecule has 0 spiro atoms. The normalized spacial score (nSPS) is 16.5. The molecule has 0 N–H and O–H groups in total. The third kappa shape index (κ3) is 3.05. The molecule has 0 unspecified atom stereocenters. The van der Waals surface area contributed by atoms with E-state index in [1.807, 2.05) is 19.1 Å². The number of ether oxygens (including phenoxy) is 1. The van der Waals surface area contributed by atoms with Crippen molar-refractivity contribution in [3.8, 4) is 5.75 Å². The molecule has 2 amide bonds. The first-order chi connectivity index (χ1) is 11.5. The van der Waals surface area contributed by atoms with Crippen molar-refractivity contribution in [2.24, 2.45) is 0 Å². The van der Waals surface area contributed by atoms with Crippen molar-refractivity contribution in [1.29, 1.82) is 0 Å². The van der Waals surface area contributed by atoms with Gasteiger partial charge in [0.2, 0.25) is 0 Å². The lowest BCUT2D eigenvalue weighted by molar-refractivity contribution is -0.113. The monoisotopic (exact) mass is 359 g/mol. The largest absolute Gasteiger partial charge is 0.497 e. The Bertz CT molecular complexity index is 846. The topological polar surface area (TPSA) is 46.6 Å². The quantitative estimate of drug-likeness (QED) is 0.725. The number of carbonyl (C=O) groups is 2. The van der Waals surface area contributed by atoms with Crippen LogP contribution in [0, 0.1) is 0 Å². The highest BCUT2D eigenvalue weighted by Crippen LogP contribution is 2.39. The SMILES string of the molecule is COc1cccc(N2C(=O)S/C(=C(/C)c3ccc(Cl)cc3)C2=O)c1. The second kappa shape index (κ2) is 6.71. The predicted molar refractivity (Wildman–Crippen MR) is 97.5 cm³/mol. The van der Waals surface area contributed by atoms with Crippen molar-refractivity contribution in [3.05, 3.63) is 64.0 Å². The molecule has 4 nitrogen and oxygen atoms in total. The van der Waals surface area contributed by atoms with E-state index in [9.17, 15) is 9.59 Å². The average Bonchev–Trinajstić information content (AvgIpc) is 2.89. The lowest BCUT2D eigenvalue weighted by atomic mass is 10.1. The molecule has 2 aromatic rings. The fourth-order valence-corrected chi connectivity index (χ4v) is 3.43. The minimum absolute atomic E-state index is 0.323. The maximum atomic E-state index is 12.8. The van der Waals surface area contributed by atoms with Crippen LogP contribution in [0.2, 0.25) is 5.02 Å². The number of halogens is 1. The lowest BCUT2D eigenvalue weighted by Crippen LogP contribution is -2.27. The van der Waals surface area contributed by atoms with E-state index in [2.05, 4.69) is 0 Å². The summed E-state index contributed by atoms with van der Waals surface area (Å²) >= 11 is 6.84. The van der Waals surface area contributed by atoms with Crippen LogP contribution < -0.4 is 9.64 Å². The van der Waals surface area contributed by atoms with E-state index < -0.39 is 0 Å². The molecule has 0 aromatic heterocycles. The molecule has 1 heterocycles. The average molecular weight is 360 g/mol. The molecule has 3 rings (SSSR count). The van der Waals surface area contributed by atoms with E-state index in [1.165, 1.54) is 12.0 Å². The van der Waals surface area contributed by atoms with Crippen molar-refractivity contribution in [1.82, 2.24) is 0 Å². The molecule has 1 aliphatic rings. The van der Waals surface area contributed by atoms with E-state index >= 15 is 0 Å². The van der Waals surface area contributed by atoms with Gasteiger partial charge >= 0.3 is 0 Å². The molecule has 2 aromatic carbocycles. The van der Waals surface area contributed by atoms with Crippen molar-refractivity contribution in [2.75, 3.05) is 12.0 Å². The Kier molecular flexibility index (Phi) is 4.64. The Labute approximate surface area is 149 Å². The van der Waals surface area contributed by atoms with Gasteiger partial charge in [-0.2, -0.15) is 0 Å². The fraction of sp³-hybridized carbons (Fsp3) is 0.111. The minimum atomic E-state index is -0.328. The molecule has 0 saturated carbocycles. The molecule has 1 saturated heterocycles. The molecule has 0 aliphatic carbocycles. The molecule has 0 bridgehead atoms. The Hall–Kier alpha value is -2.24. The Morgan fingerprint density at radius 3 is 2.50 bits per heavy atom. The van der Waals surface area contributed by atoms with E-state index in [-0.39, 0.29) is 11.1 Å². The van der Waals surface area contributed by atoms with Crippen LogP contribution in [-0.4, -0.2) is 18.3 Å². The third-order valence-corrected chi connectivity index (χ3v) is 4.99. The van der Waals surface area contributed by atoms with E-state index in [0.717, 1.165) is 22.9 Å². The number of anilines is 1. The van der Waals surface area contributed by atoms with Gasteiger partial charge in [0.05, 0.1) is 17.7 Å². The molecule has 1 fully saturated rings. The number of carbonyl (C=O) groups excluding carboxylic acids is 2. The standard InChI is InChI=1S/C18H14ClNO3S/c1-11(12-6-8-13(19)9-7-12)16-17(21)20(18(22)24-16)14-4-3-5-15(10-14)23-2/h3-10H,1-2H3/b16-11-. The summed E-state index contributed by atoms with van der Waals surface area (Å²) in [5.74, 6) is 0.260. The highest BCUT2D eigenvalue weighted by molar-refractivity contribution is 8.19. The molecular formula is C18H14ClNO3S. The molecule has 1 aliphatic heterocycles. The predicted octanol–water partition coefficient (Wildman–Crippen LogP) is 4.98. The van der Waals surface area contributed by atoms with Gasteiger partial charge in [-0.05, 0) is 54.1 Å². The fourth-order valence-electron chi connectivity index (χ4n) is 2.40. The van der Waals surface area contributed by atoms with Gasteiger partial charge in [-0.25, -0.2) is 4.90 Å². The van der Waals surface area contributed by atoms with Crippen LogP contribution in [0.5, 0.6) is 5.75 Å². The van der Waals surface area contributed by atoms with Gasteiger partial charge in [-0.1, -0.05) is 29.8 Å². The summed E-state index contributed by atoms with van der Waals surface area (Å²) in [6, 6.07) is 14.1. The number of imide groups is 1. The summed E-state index contributed by atoms with van der Waals surface area (Å²) in [5.41, 5.74) is 2.10. The smallest absolute Gasteiger partial charge is 0.298 e. The van der Waals surface area contributed by atoms with E-state index in [1.54, 1.807) is 36.4 Å². The maximum absolute atomic E-state index is 12.8. The second-order valence-electron chi connectivity index (χ2n) is 5.17. The first-order valence-electron chi connectivity index (χ1n) is 7.18. The number of hydrogen-bond donors (Lipinski definition) is 0. The zero-order valence-electron chi connectivity index (χ0n) is 13.1. The molecule has 24 heavy (non-hydrogen) atoms. The summed E-state index contributed by atoms with van der Waals surface area (Å²) in [7, 11) is 1.54. The number of amides is 2. The Morgan fingerprint density at radius 1 is 1.12 bits per heavy atom. The first-order valence-corrected chi connectivity index (χ1v) is 8.38. The zero-order valence-corrected chi connectivity index (χ0v) is 14.6. The molecule has 0 atom stereocenters. The maximum Gasteiger partial charge on any atom is 0.298 e. The van der Waals surface area contributed by atoms with Crippen LogP contribution in [0.3, 0.4) is 0 Å². The minimum Gasteiger partial charge on any atom is -0.497 e. The van der Waals surface area contributed by atoms with Crippen LogP contribution in [0.4, 0.5) is 10.5 Å². The van der Waals surface area contributed by atoms with Crippen LogP contribution >= 0.6 is 23.4 Å². The molecular weight excluding hydrogens is 346 g/mol. The Morgan fingerprint density at radius 2 is 1.83 bits per heavy atom. The van der Waals surface area contributed by atoms with E-state index in [0.29, 0.717) is 21.4 Å². The van der Waals surface area contributed by atoms with E-state index in [4.69, 9.17) is 16.3 Å². The number of nitrogens with zero attached hydrogens (tertiary/aromatic N) is 1. The van der Waals surface area contributed by atoms with Crippen molar-refractivity contribution < 1.29 is 14.3 Å². The lowest BCUT2D eigenvalue weighted by Gasteiger charge is -2.13. The summed E-state index contributed by atoms with van der Waals surface area (Å²) < 4.78 is 5.16. The molecule has 0 radical (unpaired) electrons. The highest BCUT2D eigenvalue weighted by atomic mass is 35.5. The van der Waals surface area contributed by atoms with Crippen molar-refractivity contribution in [2.45, 2.75) is 6.92 Å². The number of rotatable bonds is 3. The van der Waals surface area contributed by atoms with Gasteiger partial charge in [0.15, 0.2) is 0 Å². The number of thioether (sulfide) groups is 1. The molecule has 122 valence electrons. The highest BCUT2D eigenvalue weighted by Gasteiger charge is 2.37. The van der Waals surface area contributed by atoms with Crippen LogP contribution in [-0.2, 0) is 4.79 Å². The van der Waals surface area contributed by atoms with Gasteiger partial charge in [0, 0.05) is 11.1 Å². The molecule has 6 heteroatoms. The van der Waals surface area contributed by atoms with Gasteiger partial charge in [0.25, 0.3) is 11.1 Å². The summed E-state index contributed by atoms with van der Waals surface area (Å²) in [4.78, 5) is 26.7. The van der Waals surface area contributed by atoms with Gasteiger partial charge in [-0.3, -0.25) is 9.59 Å². The first kappa shape index (κ1) is 16.6. The third-order valence-electron chi connectivity index (χ3n) is 3.70. The van der Waals surface area contributed by atoms with Crippen molar-refractivity contribution >= 4 is 45.8 Å². The Balaban J connectivity index is 1.99. The summed E-state index contributed by atoms with van der Waals surface area (Å²) in [6.07, 6.45) is 0. The summed E-state index contributed by atoms with van der Waals surface area (Å²) in [5, 5.41) is 0.299. The van der Waals surface area contributed by atoms with Gasteiger partial charge < -0.3 is 4.74 Å². The van der Waals surface area contributed by atoms with Crippen molar-refractivity contribution in [3.63, 3.8) is 0 Å². The van der Waals surface area contributed by atoms with Crippen LogP contribution in [0.25, 0.3) is 5.57 Å². The van der Waals surface area contributed by atoms with Gasteiger partial charge in [-0.15, -0.1) is 0 Å². The number of allylic oxidation sites excluding steroid dienone is 1. The number of methoxy groups -OCH3 is 1. The second-order valence-corrected chi connectivity index (χ2v) is 6.57. The number of hydrogen-bond acceptors (Lipinski definition) is 4. The summed E-state index contributed by atoms with van der Waals surface area (Å²) in [6.45, 7) is 1.83. The zero-order chi connectivity index (χ0) is 17.3. The number of benzene rings is 2.